The van der Waals surface area contributed by atoms with Crippen molar-refractivity contribution in [2.45, 2.75) is 47.0 Å². The van der Waals surface area contributed by atoms with Crippen LogP contribution in [0, 0.1) is 5.41 Å². The average molecular weight is 216 g/mol. The molecule has 0 heterocycles. The summed E-state index contributed by atoms with van der Waals surface area (Å²) in [7, 11) is 0. The van der Waals surface area contributed by atoms with Gasteiger partial charge in [-0.2, -0.15) is 0 Å². The van der Waals surface area contributed by atoms with Gasteiger partial charge in [0.1, 0.15) is 0 Å². The van der Waals surface area contributed by atoms with Crippen LogP contribution in [0.2, 0.25) is 0 Å². The molecular weight excluding hydrogens is 196 g/mol. The maximum atomic E-state index is 12.2. The van der Waals surface area contributed by atoms with E-state index in [1.807, 2.05) is 6.92 Å². The molecule has 0 amide bonds. The highest BCUT2D eigenvalue weighted by Crippen LogP contribution is 2.43. The summed E-state index contributed by atoms with van der Waals surface area (Å²) in [5, 5.41) is 0. The summed E-state index contributed by atoms with van der Waals surface area (Å²) in [6.07, 6.45) is 7.35. The van der Waals surface area contributed by atoms with Gasteiger partial charge in [-0.15, -0.1) is 0 Å². The molecule has 0 aromatic rings. The molecular formula is C15H20O. The smallest absolute Gasteiger partial charge is 0.188 e. The van der Waals surface area contributed by atoms with Gasteiger partial charge >= 0.3 is 0 Å². The van der Waals surface area contributed by atoms with Crippen LogP contribution >= 0.6 is 0 Å². The minimum absolute atomic E-state index is 0.145. The van der Waals surface area contributed by atoms with E-state index in [-0.39, 0.29) is 11.2 Å². The first-order valence-electron chi connectivity index (χ1n) is 6.04. The molecule has 0 radical (unpaired) electrons. The molecule has 2 rings (SSSR count). The Morgan fingerprint density at radius 1 is 1.25 bits per heavy atom. The van der Waals surface area contributed by atoms with E-state index in [4.69, 9.17) is 0 Å². The van der Waals surface area contributed by atoms with Gasteiger partial charge in [0.15, 0.2) is 5.78 Å². The number of hydrogen-bond acceptors (Lipinski definition) is 1. The van der Waals surface area contributed by atoms with Crippen LogP contribution in [0.25, 0.3) is 0 Å². The van der Waals surface area contributed by atoms with Crippen LogP contribution in [0.3, 0.4) is 0 Å². The summed E-state index contributed by atoms with van der Waals surface area (Å²) in [6.45, 7) is 8.52. The van der Waals surface area contributed by atoms with Crippen LogP contribution in [-0.2, 0) is 4.79 Å². The molecule has 1 heteroatoms. The Labute approximate surface area is 97.9 Å². The molecule has 2 aliphatic carbocycles. The zero-order valence-electron chi connectivity index (χ0n) is 10.7. The first-order valence-corrected chi connectivity index (χ1v) is 6.04. The summed E-state index contributed by atoms with van der Waals surface area (Å²) in [4.78, 5) is 12.2. The standard InChI is InChI=1S/C15H20O/c1-10-6-5-7-11(2)14(16)13-9-15(3,4)8-12(10)13/h7,9H,5-6,8H2,1-4H3. The third kappa shape index (κ3) is 1.91. The van der Waals surface area contributed by atoms with E-state index in [0.717, 1.165) is 30.4 Å². The minimum Gasteiger partial charge on any atom is -0.289 e. The number of hydrogen-bond donors (Lipinski definition) is 0. The van der Waals surface area contributed by atoms with Crippen LogP contribution in [-0.4, -0.2) is 5.78 Å². The largest absolute Gasteiger partial charge is 0.289 e. The van der Waals surface area contributed by atoms with Gasteiger partial charge in [0.05, 0.1) is 0 Å². The molecule has 0 fully saturated rings. The number of allylic oxidation sites excluding steroid dienone is 6. The SMILES string of the molecule is CC1=CCCC(C)=C2CC(C)(C)C=C2C1=O. The number of fused-ring (bicyclic) bond motifs is 1. The Bertz CT molecular complexity index is 430. The number of carbonyl (C=O) groups is 1. The molecule has 0 bridgehead atoms. The summed E-state index contributed by atoms with van der Waals surface area (Å²) in [5.74, 6) is 0.236. The lowest BCUT2D eigenvalue weighted by atomic mass is 9.88. The molecule has 0 N–H and O–H groups in total. The normalized spacial score (nSPS) is 24.6. The van der Waals surface area contributed by atoms with Gasteiger partial charge in [-0.25, -0.2) is 0 Å². The molecule has 0 saturated heterocycles. The van der Waals surface area contributed by atoms with E-state index >= 15 is 0 Å². The van der Waals surface area contributed by atoms with Gasteiger partial charge in [-0.3, -0.25) is 4.79 Å². The van der Waals surface area contributed by atoms with Crippen molar-refractivity contribution in [1.29, 1.82) is 0 Å². The molecule has 86 valence electrons. The Morgan fingerprint density at radius 3 is 2.62 bits per heavy atom. The second kappa shape index (κ2) is 3.73. The summed E-state index contributed by atoms with van der Waals surface area (Å²) in [6, 6.07) is 0. The second-order valence-electron chi connectivity index (χ2n) is 5.74. The van der Waals surface area contributed by atoms with Crippen LogP contribution in [0.1, 0.15) is 47.0 Å². The number of Topliss-reactive ketones (excluding diaryl/α,β-unsaturated/α-hetero) is 1. The summed E-state index contributed by atoms with van der Waals surface area (Å²) < 4.78 is 0. The van der Waals surface area contributed by atoms with E-state index < -0.39 is 0 Å². The molecule has 0 aliphatic heterocycles. The number of rotatable bonds is 0. The third-order valence-electron chi connectivity index (χ3n) is 3.58. The van der Waals surface area contributed by atoms with Crippen molar-refractivity contribution < 1.29 is 4.79 Å². The Balaban J connectivity index is 2.52. The highest BCUT2D eigenvalue weighted by molar-refractivity contribution is 6.11. The van der Waals surface area contributed by atoms with E-state index in [2.05, 4.69) is 32.9 Å². The molecule has 0 aromatic heterocycles. The van der Waals surface area contributed by atoms with Crippen LogP contribution in [0.15, 0.2) is 34.4 Å². The van der Waals surface area contributed by atoms with E-state index in [1.165, 1.54) is 11.1 Å². The fraction of sp³-hybridized carbons (Fsp3) is 0.533. The average Bonchev–Trinajstić information content (AvgIpc) is 2.51. The maximum absolute atomic E-state index is 12.2. The monoisotopic (exact) mass is 216 g/mol. The highest BCUT2D eigenvalue weighted by atomic mass is 16.1. The lowest BCUT2D eigenvalue weighted by Crippen LogP contribution is -2.07. The molecule has 0 atom stereocenters. The molecule has 2 aliphatic rings. The predicted octanol–water partition coefficient (Wildman–Crippen LogP) is 3.97. The molecule has 0 saturated carbocycles. The van der Waals surface area contributed by atoms with Crippen LogP contribution in [0.5, 0.6) is 0 Å². The second-order valence-corrected chi connectivity index (χ2v) is 5.74. The zero-order chi connectivity index (χ0) is 11.9. The Hall–Kier alpha value is -1.11. The van der Waals surface area contributed by atoms with Crippen molar-refractivity contribution in [3.05, 3.63) is 34.4 Å². The van der Waals surface area contributed by atoms with Gasteiger partial charge in [-0.05, 0) is 49.7 Å². The number of ketones is 1. The number of carbonyl (C=O) groups excluding carboxylic acids is 1. The topological polar surface area (TPSA) is 17.1 Å². The Morgan fingerprint density at radius 2 is 1.94 bits per heavy atom. The molecule has 1 nitrogen and oxygen atoms in total. The first-order chi connectivity index (χ1) is 7.41. The van der Waals surface area contributed by atoms with Crippen LogP contribution < -0.4 is 0 Å². The first kappa shape index (κ1) is 11.4. The van der Waals surface area contributed by atoms with Gasteiger partial charge in [0.2, 0.25) is 0 Å². The van der Waals surface area contributed by atoms with Gasteiger partial charge in [0.25, 0.3) is 0 Å². The summed E-state index contributed by atoms with van der Waals surface area (Å²) >= 11 is 0. The maximum Gasteiger partial charge on any atom is 0.188 e. The van der Waals surface area contributed by atoms with Crippen molar-refractivity contribution in [1.82, 2.24) is 0 Å². The molecule has 0 unspecified atom stereocenters. The van der Waals surface area contributed by atoms with E-state index in [0.29, 0.717) is 0 Å². The van der Waals surface area contributed by atoms with Crippen molar-refractivity contribution in [3.63, 3.8) is 0 Å². The predicted molar refractivity (Wildman–Crippen MR) is 67.2 cm³/mol. The fourth-order valence-corrected chi connectivity index (χ4v) is 2.62. The van der Waals surface area contributed by atoms with Crippen molar-refractivity contribution in [3.8, 4) is 0 Å². The lowest BCUT2D eigenvalue weighted by Gasteiger charge is -2.16. The molecule has 0 spiro atoms. The lowest BCUT2D eigenvalue weighted by molar-refractivity contribution is -0.112. The quantitative estimate of drug-likeness (QED) is 0.599. The van der Waals surface area contributed by atoms with Crippen LogP contribution in [0.4, 0.5) is 0 Å². The van der Waals surface area contributed by atoms with Gasteiger partial charge in [0, 0.05) is 5.57 Å². The fourth-order valence-electron chi connectivity index (χ4n) is 2.62. The highest BCUT2D eigenvalue weighted by Gasteiger charge is 2.32. The van der Waals surface area contributed by atoms with E-state index in [9.17, 15) is 4.79 Å². The van der Waals surface area contributed by atoms with Gasteiger partial charge in [-0.1, -0.05) is 31.6 Å². The molecule has 0 aromatic carbocycles. The third-order valence-corrected chi connectivity index (χ3v) is 3.58. The summed E-state index contributed by atoms with van der Waals surface area (Å²) in [5.41, 5.74) is 4.73. The van der Waals surface area contributed by atoms with Gasteiger partial charge < -0.3 is 0 Å². The van der Waals surface area contributed by atoms with E-state index in [1.54, 1.807) is 0 Å². The minimum atomic E-state index is 0.145. The Kier molecular flexibility index (Phi) is 2.65. The van der Waals surface area contributed by atoms with Crippen molar-refractivity contribution in [2.24, 2.45) is 5.41 Å². The van der Waals surface area contributed by atoms with Crippen molar-refractivity contribution in [2.75, 3.05) is 0 Å². The molecule has 16 heavy (non-hydrogen) atoms. The zero-order valence-corrected chi connectivity index (χ0v) is 10.7. The van der Waals surface area contributed by atoms with Crippen molar-refractivity contribution >= 4 is 5.78 Å².